The lowest BCUT2D eigenvalue weighted by Crippen LogP contribution is -2.53. The molecular formula is C31H27FN2O5. The SMILES string of the molecule is CC(C)OCCCN1C(=O)c2oc3ccccc3c(=O)c2C12C(=O)N(Cc1ccc(F)cc1)c1ccccc12. The van der Waals surface area contributed by atoms with E-state index in [1.54, 1.807) is 59.5 Å². The predicted octanol–water partition coefficient (Wildman–Crippen LogP) is 4.99. The second kappa shape index (κ2) is 9.47. The van der Waals surface area contributed by atoms with E-state index in [-0.39, 0.29) is 41.9 Å². The lowest BCUT2D eigenvalue weighted by molar-refractivity contribution is -0.126. The van der Waals surface area contributed by atoms with Crippen LogP contribution in [-0.2, 0) is 21.6 Å². The second-order valence-electron chi connectivity index (χ2n) is 10.1. The van der Waals surface area contributed by atoms with E-state index in [9.17, 15) is 18.8 Å². The summed E-state index contributed by atoms with van der Waals surface area (Å²) in [4.78, 5) is 45.7. The number of fused-ring (bicyclic) bond motifs is 5. The van der Waals surface area contributed by atoms with Crippen molar-refractivity contribution < 1.29 is 23.1 Å². The highest BCUT2D eigenvalue weighted by Crippen LogP contribution is 2.52. The zero-order valence-corrected chi connectivity index (χ0v) is 21.6. The standard InChI is InChI=1S/C31H27FN2O5/c1-19(2)38-17-7-16-34-29(36)28-26(27(35)22-8-3-6-11-25(22)39-28)31(34)23-9-4-5-10-24(23)33(30(31)37)18-20-12-14-21(32)15-13-20/h3-6,8-15,19H,7,16-18H2,1-2H3. The molecule has 2 amide bonds. The molecule has 0 N–H and O–H groups in total. The molecule has 2 aliphatic heterocycles. The third-order valence-corrected chi connectivity index (χ3v) is 7.37. The molecule has 8 heteroatoms. The fourth-order valence-corrected chi connectivity index (χ4v) is 5.71. The fraction of sp³-hybridized carbons (Fsp3) is 0.258. The van der Waals surface area contributed by atoms with Gasteiger partial charge in [0, 0.05) is 18.7 Å². The van der Waals surface area contributed by atoms with Crippen molar-refractivity contribution in [3.63, 3.8) is 0 Å². The predicted molar refractivity (Wildman–Crippen MR) is 144 cm³/mol. The van der Waals surface area contributed by atoms with E-state index in [1.165, 1.54) is 17.0 Å². The summed E-state index contributed by atoms with van der Waals surface area (Å²) in [7, 11) is 0. The van der Waals surface area contributed by atoms with Crippen LogP contribution in [0.3, 0.4) is 0 Å². The molecular weight excluding hydrogens is 499 g/mol. The van der Waals surface area contributed by atoms with Crippen molar-refractivity contribution in [3.05, 3.63) is 111 Å². The number of para-hydroxylation sites is 2. The molecule has 0 radical (unpaired) electrons. The van der Waals surface area contributed by atoms with Crippen LogP contribution >= 0.6 is 0 Å². The Balaban J connectivity index is 1.56. The Morgan fingerprint density at radius 3 is 2.44 bits per heavy atom. The van der Waals surface area contributed by atoms with Crippen molar-refractivity contribution in [2.24, 2.45) is 0 Å². The Hall–Kier alpha value is -4.30. The zero-order chi connectivity index (χ0) is 27.3. The fourth-order valence-electron chi connectivity index (χ4n) is 5.71. The van der Waals surface area contributed by atoms with Crippen LogP contribution in [0.2, 0.25) is 0 Å². The largest absolute Gasteiger partial charge is 0.450 e. The number of amides is 2. The molecule has 0 saturated carbocycles. The van der Waals surface area contributed by atoms with Crippen LogP contribution in [0.25, 0.3) is 11.0 Å². The van der Waals surface area contributed by atoms with Crippen molar-refractivity contribution in [2.75, 3.05) is 18.1 Å². The summed E-state index contributed by atoms with van der Waals surface area (Å²) < 4.78 is 25.4. The molecule has 0 saturated heterocycles. The van der Waals surface area contributed by atoms with Gasteiger partial charge in [-0.1, -0.05) is 42.5 Å². The van der Waals surface area contributed by atoms with Crippen molar-refractivity contribution in [1.29, 1.82) is 0 Å². The van der Waals surface area contributed by atoms with Crippen molar-refractivity contribution in [3.8, 4) is 0 Å². The van der Waals surface area contributed by atoms with E-state index < -0.39 is 22.8 Å². The lowest BCUT2D eigenvalue weighted by atomic mass is 9.84. The van der Waals surface area contributed by atoms with E-state index >= 15 is 0 Å². The third-order valence-electron chi connectivity index (χ3n) is 7.37. The van der Waals surface area contributed by atoms with Gasteiger partial charge in [-0.25, -0.2) is 4.39 Å². The summed E-state index contributed by atoms with van der Waals surface area (Å²) in [6.07, 6.45) is 0.472. The van der Waals surface area contributed by atoms with Gasteiger partial charge in [-0.15, -0.1) is 0 Å². The smallest absolute Gasteiger partial charge is 0.291 e. The second-order valence-corrected chi connectivity index (χ2v) is 10.1. The summed E-state index contributed by atoms with van der Waals surface area (Å²) in [6.45, 7) is 4.56. The van der Waals surface area contributed by atoms with Crippen LogP contribution < -0.4 is 10.3 Å². The number of hydrogen-bond acceptors (Lipinski definition) is 5. The van der Waals surface area contributed by atoms with Crippen molar-refractivity contribution in [1.82, 2.24) is 4.90 Å². The first-order valence-electron chi connectivity index (χ1n) is 13.0. The van der Waals surface area contributed by atoms with Crippen LogP contribution in [-0.4, -0.2) is 36.0 Å². The monoisotopic (exact) mass is 526 g/mol. The van der Waals surface area contributed by atoms with Crippen LogP contribution in [0.1, 0.15) is 47.5 Å². The molecule has 39 heavy (non-hydrogen) atoms. The van der Waals surface area contributed by atoms with Crippen LogP contribution in [0.15, 0.2) is 82.0 Å². The Bertz CT molecular complexity index is 1660. The van der Waals surface area contributed by atoms with E-state index in [1.807, 2.05) is 19.9 Å². The van der Waals surface area contributed by atoms with Gasteiger partial charge in [-0.3, -0.25) is 14.4 Å². The average Bonchev–Trinajstić information content (AvgIpc) is 3.32. The summed E-state index contributed by atoms with van der Waals surface area (Å²) in [5.41, 5.74) is 0.0640. The number of carbonyl (C=O) groups excluding carboxylic acids is 2. The Labute approximate surface area is 224 Å². The van der Waals surface area contributed by atoms with Gasteiger partial charge in [0.25, 0.3) is 11.8 Å². The molecule has 6 rings (SSSR count). The average molecular weight is 527 g/mol. The van der Waals surface area contributed by atoms with E-state index in [0.717, 1.165) is 0 Å². The van der Waals surface area contributed by atoms with Gasteiger partial charge in [-0.2, -0.15) is 0 Å². The quantitative estimate of drug-likeness (QED) is 0.317. The maximum absolute atomic E-state index is 14.7. The topological polar surface area (TPSA) is 80.1 Å². The molecule has 3 aromatic carbocycles. The highest BCUT2D eigenvalue weighted by Gasteiger charge is 2.64. The number of carbonyl (C=O) groups is 2. The minimum absolute atomic E-state index is 0.0130. The summed E-state index contributed by atoms with van der Waals surface area (Å²) in [6, 6.07) is 19.8. The normalized spacial score (nSPS) is 18.1. The van der Waals surface area contributed by atoms with E-state index in [0.29, 0.717) is 35.2 Å². The van der Waals surface area contributed by atoms with E-state index in [2.05, 4.69) is 0 Å². The van der Waals surface area contributed by atoms with Gasteiger partial charge in [0.15, 0.2) is 11.0 Å². The summed E-state index contributed by atoms with van der Waals surface area (Å²) in [5, 5.41) is 0.302. The molecule has 1 aromatic heterocycles. The summed E-state index contributed by atoms with van der Waals surface area (Å²) in [5.74, 6) is -1.43. The molecule has 0 aliphatic carbocycles. The van der Waals surface area contributed by atoms with Crippen LogP contribution in [0.5, 0.6) is 0 Å². The van der Waals surface area contributed by atoms with E-state index in [4.69, 9.17) is 9.15 Å². The minimum atomic E-state index is -1.69. The number of rotatable bonds is 7. The lowest BCUT2D eigenvalue weighted by Gasteiger charge is -2.34. The molecule has 7 nitrogen and oxygen atoms in total. The van der Waals surface area contributed by atoms with Crippen LogP contribution in [0, 0.1) is 5.82 Å². The zero-order valence-electron chi connectivity index (χ0n) is 21.6. The number of nitrogens with zero attached hydrogens (tertiary/aromatic N) is 2. The maximum atomic E-state index is 14.7. The van der Waals surface area contributed by atoms with Gasteiger partial charge in [0.2, 0.25) is 5.76 Å². The van der Waals surface area contributed by atoms with Crippen molar-refractivity contribution in [2.45, 2.75) is 38.5 Å². The number of halogens is 1. The van der Waals surface area contributed by atoms with Gasteiger partial charge >= 0.3 is 0 Å². The molecule has 0 fully saturated rings. The van der Waals surface area contributed by atoms with Crippen molar-refractivity contribution >= 4 is 28.5 Å². The molecule has 4 aromatic rings. The van der Waals surface area contributed by atoms with Gasteiger partial charge in [0.1, 0.15) is 11.4 Å². The molecule has 2 aliphatic rings. The molecule has 1 atom stereocenters. The minimum Gasteiger partial charge on any atom is -0.450 e. The number of anilines is 1. The number of benzene rings is 3. The first-order chi connectivity index (χ1) is 18.8. The highest BCUT2D eigenvalue weighted by atomic mass is 19.1. The molecule has 1 unspecified atom stereocenters. The molecule has 3 heterocycles. The van der Waals surface area contributed by atoms with Gasteiger partial charge in [-0.05, 0) is 56.2 Å². The van der Waals surface area contributed by atoms with Gasteiger partial charge < -0.3 is 19.0 Å². The molecule has 198 valence electrons. The summed E-state index contributed by atoms with van der Waals surface area (Å²) >= 11 is 0. The molecule has 0 bridgehead atoms. The highest BCUT2D eigenvalue weighted by molar-refractivity contribution is 6.17. The van der Waals surface area contributed by atoms with Gasteiger partial charge in [0.05, 0.1) is 29.3 Å². The third kappa shape index (κ3) is 3.78. The number of ether oxygens (including phenoxy) is 1. The Kier molecular flexibility index (Phi) is 6.07. The Morgan fingerprint density at radius 2 is 1.67 bits per heavy atom. The first kappa shape index (κ1) is 25.0. The Morgan fingerprint density at radius 1 is 0.949 bits per heavy atom. The maximum Gasteiger partial charge on any atom is 0.291 e. The molecule has 1 spiro atoms. The van der Waals surface area contributed by atoms with Crippen LogP contribution in [0.4, 0.5) is 10.1 Å². The first-order valence-corrected chi connectivity index (χ1v) is 13.0. The number of hydrogen-bond donors (Lipinski definition) is 0.